The van der Waals surface area contributed by atoms with Crippen LogP contribution in [-0.2, 0) is 6.61 Å². The monoisotopic (exact) mass is 240 g/mol. The summed E-state index contributed by atoms with van der Waals surface area (Å²) in [7, 11) is 0. The molecule has 0 heterocycles. The fraction of sp³-hybridized carbons (Fsp3) is 0.188. The number of carbonyl (C=O) groups excluding carboxylic acids is 1. The Bertz CT molecular complexity index is 545. The molecule has 0 aliphatic carbocycles. The van der Waals surface area contributed by atoms with Gasteiger partial charge in [-0.15, -0.1) is 0 Å². The second kappa shape index (κ2) is 5.50. The molecule has 0 aliphatic heterocycles. The van der Waals surface area contributed by atoms with Gasteiger partial charge in [-0.05, 0) is 36.6 Å². The topological polar surface area (TPSA) is 26.3 Å². The van der Waals surface area contributed by atoms with Crippen LogP contribution in [0.1, 0.15) is 27.0 Å². The van der Waals surface area contributed by atoms with Gasteiger partial charge in [0.25, 0.3) is 0 Å². The lowest BCUT2D eigenvalue weighted by atomic mass is 10.1. The van der Waals surface area contributed by atoms with Gasteiger partial charge in [0, 0.05) is 0 Å². The third-order valence-corrected chi connectivity index (χ3v) is 2.80. The van der Waals surface area contributed by atoms with Gasteiger partial charge in [0.2, 0.25) is 0 Å². The molecule has 2 nitrogen and oxygen atoms in total. The third-order valence-electron chi connectivity index (χ3n) is 2.80. The van der Waals surface area contributed by atoms with Crippen LogP contribution in [0.3, 0.4) is 0 Å². The molecular weight excluding hydrogens is 224 g/mol. The Morgan fingerprint density at radius 3 is 2.50 bits per heavy atom. The van der Waals surface area contributed by atoms with Crippen LogP contribution in [0.2, 0.25) is 0 Å². The van der Waals surface area contributed by atoms with Crippen molar-refractivity contribution in [2.45, 2.75) is 20.5 Å². The van der Waals surface area contributed by atoms with Crippen molar-refractivity contribution in [1.29, 1.82) is 0 Å². The molecule has 18 heavy (non-hydrogen) atoms. The van der Waals surface area contributed by atoms with Crippen molar-refractivity contribution in [3.05, 3.63) is 64.7 Å². The van der Waals surface area contributed by atoms with E-state index in [4.69, 9.17) is 4.74 Å². The first kappa shape index (κ1) is 12.4. The van der Waals surface area contributed by atoms with Crippen LogP contribution in [0.25, 0.3) is 0 Å². The molecule has 0 spiro atoms. The number of rotatable bonds is 4. The highest BCUT2D eigenvalue weighted by atomic mass is 16.5. The van der Waals surface area contributed by atoms with E-state index < -0.39 is 0 Å². The molecule has 0 unspecified atom stereocenters. The summed E-state index contributed by atoms with van der Waals surface area (Å²) in [5.41, 5.74) is 3.77. The summed E-state index contributed by atoms with van der Waals surface area (Å²) in [4.78, 5) is 11.1. The average molecular weight is 240 g/mol. The molecule has 0 saturated carbocycles. The number of aryl methyl sites for hydroxylation is 2. The molecular formula is C16H16O2. The zero-order valence-electron chi connectivity index (χ0n) is 10.6. The van der Waals surface area contributed by atoms with Crippen molar-refractivity contribution >= 4 is 6.29 Å². The Hall–Kier alpha value is -2.09. The van der Waals surface area contributed by atoms with E-state index in [9.17, 15) is 4.79 Å². The number of ether oxygens (including phenoxy) is 1. The molecule has 0 fully saturated rings. The fourth-order valence-corrected chi connectivity index (χ4v) is 2.00. The highest BCUT2D eigenvalue weighted by molar-refractivity contribution is 5.80. The molecule has 2 heteroatoms. The van der Waals surface area contributed by atoms with Gasteiger partial charge in [0.15, 0.2) is 6.29 Å². The number of hydrogen-bond donors (Lipinski definition) is 0. The minimum atomic E-state index is 0.478. The molecule has 0 aromatic heterocycles. The zero-order chi connectivity index (χ0) is 13.0. The molecule has 0 N–H and O–H groups in total. The van der Waals surface area contributed by atoms with Gasteiger partial charge >= 0.3 is 0 Å². The number of carbonyl (C=O) groups is 1. The van der Waals surface area contributed by atoms with Gasteiger partial charge in [0.1, 0.15) is 12.4 Å². The van der Waals surface area contributed by atoms with Crippen molar-refractivity contribution in [3.63, 3.8) is 0 Å². The van der Waals surface area contributed by atoms with E-state index in [1.54, 1.807) is 0 Å². The van der Waals surface area contributed by atoms with Crippen molar-refractivity contribution in [2.24, 2.45) is 0 Å². The zero-order valence-corrected chi connectivity index (χ0v) is 10.6. The number of aldehydes is 1. The van der Waals surface area contributed by atoms with E-state index in [2.05, 4.69) is 0 Å². The summed E-state index contributed by atoms with van der Waals surface area (Å²) in [6.07, 6.45) is 0.848. The second-order valence-corrected chi connectivity index (χ2v) is 4.39. The van der Waals surface area contributed by atoms with E-state index in [1.165, 1.54) is 0 Å². The predicted octanol–water partition coefficient (Wildman–Crippen LogP) is 3.69. The summed E-state index contributed by atoms with van der Waals surface area (Å²) in [6, 6.07) is 13.8. The number of hydrogen-bond acceptors (Lipinski definition) is 2. The highest BCUT2D eigenvalue weighted by Crippen LogP contribution is 2.24. The van der Waals surface area contributed by atoms with Gasteiger partial charge < -0.3 is 4.74 Å². The molecule has 2 aromatic rings. The molecule has 0 saturated heterocycles. The van der Waals surface area contributed by atoms with E-state index >= 15 is 0 Å². The van der Waals surface area contributed by atoms with Crippen LogP contribution in [0.5, 0.6) is 5.75 Å². The predicted molar refractivity (Wildman–Crippen MR) is 72.1 cm³/mol. The van der Waals surface area contributed by atoms with Crippen LogP contribution in [0.4, 0.5) is 0 Å². The Kier molecular flexibility index (Phi) is 3.78. The van der Waals surface area contributed by atoms with E-state index in [-0.39, 0.29) is 0 Å². The molecule has 2 rings (SSSR count). The lowest BCUT2D eigenvalue weighted by Crippen LogP contribution is -2.00. The Labute approximate surface area is 107 Å². The smallest absolute Gasteiger partial charge is 0.153 e. The van der Waals surface area contributed by atoms with Crippen LogP contribution >= 0.6 is 0 Å². The second-order valence-electron chi connectivity index (χ2n) is 4.39. The van der Waals surface area contributed by atoms with Crippen LogP contribution in [0.15, 0.2) is 42.5 Å². The summed E-state index contributed by atoms with van der Waals surface area (Å²) < 4.78 is 5.77. The molecule has 0 radical (unpaired) electrons. The van der Waals surface area contributed by atoms with Crippen LogP contribution < -0.4 is 4.74 Å². The first-order valence-corrected chi connectivity index (χ1v) is 5.94. The largest absolute Gasteiger partial charge is 0.488 e. The third kappa shape index (κ3) is 2.77. The summed E-state index contributed by atoms with van der Waals surface area (Å²) in [5.74, 6) is 0.680. The van der Waals surface area contributed by atoms with Crippen molar-refractivity contribution < 1.29 is 9.53 Å². The summed E-state index contributed by atoms with van der Waals surface area (Å²) in [6.45, 7) is 4.41. The molecule has 0 atom stereocenters. The van der Waals surface area contributed by atoms with E-state index in [1.807, 2.05) is 56.3 Å². The van der Waals surface area contributed by atoms with Crippen LogP contribution in [-0.4, -0.2) is 6.29 Å². The Morgan fingerprint density at radius 1 is 1.11 bits per heavy atom. The fourth-order valence-electron chi connectivity index (χ4n) is 2.00. The molecule has 0 aliphatic rings. The first-order chi connectivity index (χ1) is 8.70. The van der Waals surface area contributed by atoms with Gasteiger partial charge in [-0.3, -0.25) is 4.79 Å². The van der Waals surface area contributed by atoms with Crippen molar-refractivity contribution in [1.82, 2.24) is 0 Å². The average Bonchev–Trinajstić information content (AvgIpc) is 2.38. The van der Waals surface area contributed by atoms with E-state index in [0.29, 0.717) is 17.9 Å². The maximum atomic E-state index is 11.1. The van der Waals surface area contributed by atoms with Gasteiger partial charge in [0.05, 0.1) is 5.56 Å². The molecule has 92 valence electrons. The number of benzene rings is 2. The maximum absolute atomic E-state index is 11.1. The lowest BCUT2D eigenvalue weighted by Gasteiger charge is -2.12. The van der Waals surface area contributed by atoms with Gasteiger partial charge in [-0.1, -0.05) is 36.4 Å². The highest BCUT2D eigenvalue weighted by Gasteiger charge is 2.08. The minimum Gasteiger partial charge on any atom is -0.488 e. The van der Waals surface area contributed by atoms with Gasteiger partial charge in [-0.25, -0.2) is 0 Å². The normalized spacial score (nSPS) is 10.1. The lowest BCUT2D eigenvalue weighted by molar-refractivity contribution is 0.111. The molecule has 0 amide bonds. The first-order valence-electron chi connectivity index (χ1n) is 5.94. The maximum Gasteiger partial charge on any atom is 0.153 e. The SMILES string of the molecule is Cc1cc(C)c(OCc2ccccc2)c(C=O)c1. The summed E-state index contributed by atoms with van der Waals surface area (Å²) in [5, 5.41) is 0. The minimum absolute atomic E-state index is 0.478. The van der Waals surface area contributed by atoms with Crippen molar-refractivity contribution in [2.75, 3.05) is 0 Å². The van der Waals surface area contributed by atoms with E-state index in [0.717, 1.165) is 23.0 Å². The quantitative estimate of drug-likeness (QED) is 0.762. The van der Waals surface area contributed by atoms with Crippen molar-refractivity contribution in [3.8, 4) is 5.75 Å². The molecule has 0 bridgehead atoms. The Morgan fingerprint density at radius 2 is 1.83 bits per heavy atom. The summed E-state index contributed by atoms with van der Waals surface area (Å²) >= 11 is 0. The van der Waals surface area contributed by atoms with Crippen LogP contribution in [0, 0.1) is 13.8 Å². The van der Waals surface area contributed by atoms with Gasteiger partial charge in [-0.2, -0.15) is 0 Å². The standard InChI is InChI=1S/C16H16O2/c1-12-8-13(2)16(15(9-12)10-17)18-11-14-6-4-3-5-7-14/h3-10H,11H2,1-2H3. The Balaban J connectivity index is 2.21. The molecule has 2 aromatic carbocycles.